The van der Waals surface area contributed by atoms with Crippen LogP contribution >= 0.6 is 0 Å². The minimum absolute atomic E-state index is 0.113. The molecule has 172 valence electrons. The lowest BCUT2D eigenvalue weighted by atomic mass is 10.0. The number of aromatic amines is 1. The third-order valence-corrected chi connectivity index (χ3v) is 4.23. The number of nitrogens with two attached hydrogens (primary N) is 1. The van der Waals surface area contributed by atoms with E-state index in [1.807, 2.05) is 0 Å². The van der Waals surface area contributed by atoms with E-state index in [1.165, 1.54) is 25.3 Å². The van der Waals surface area contributed by atoms with Crippen molar-refractivity contribution in [2.24, 2.45) is 5.73 Å². The predicted octanol–water partition coefficient (Wildman–Crippen LogP) is 4.28. The fraction of sp³-hybridized carbons (Fsp3) is 0.0952. The normalized spacial score (nSPS) is 10.9. The maximum Gasteiger partial charge on any atom is 0.573 e. The summed E-state index contributed by atoms with van der Waals surface area (Å²) < 4.78 is 40.4. The molecule has 33 heavy (non-hydrogen) atoms. The lowest BCUT2D eigenvalue weighted by Crippen LogP contribution is -2.19. The Hall–Kier alpha value is -4.48. The molecule has 1 aromatic heterocycles. The molecule has 0 saturated heterocycles. The second kappa shape index (κ2) is 9.34. The van der Waals surface area contributed by atoms with E-state index in [4.69, 9.17) is 5.73 Å². The molecular formula is C21H18F3N5O4. The number of alkyl halides is 3. The number of benzene rings is 2. The Morgan fingerprint density at radius 3 is 1.94 bits per heavy atom. The number of primary amides is 1. The highest BCUT2D eigenvalue weighted by Gasteiger charge is 2.31. The smallest absolute Gasteiger partial charge is 0.406 e. The lowest BCUT2D eigenvalue weighted by Gasteiger charge is -2.11. The van der Waals surface area contributed by atoms with Gasteiger partial charge in [-0.05, 0) is 42.0 Å². The van der Waals surface area contributed by atoms with E-state index in [0.717, 1.165) is 12.1 Å². The lowest BCUT2D eigenvalue weighted by molar-refractivity contribution is -0.274. The van der Waals surface area contributed by atoms with E-state index in [0.29, 0.717) is 16.8 Å². The van der Waals surface area contributed by atoms with Gasteiger partial charge in [-0.25, -0.2) is 4.79 Å². The van der Waals surface area contributed by atoms with Crippen molar-refractivity contribution in [2.75, 3.05) is 16.0 Å². The molecule has 0 saturated carbocycles. The minimum atomic E-state index is -4.80. The van der Waals surface area contributed by atoms with Gasteiger partial charge in [0.05, 0.1) is 5.56 Å². The van der Waals surface area contributed by atoms with Gasteiger partial charge in [0.2, 0.25) is 5.91 Å². The van der Waals surface area contributed by atoms with Crippen LogP contribution in [0.1, 0.15) is 17.3 Å². The summed E-state index contributed by atoms with van der Waals surface area (Å²) in [6, 6.07) is 10.4. The van der Waals surface area contributed by atoms with Gasteiger partial charge in [-0.15, -0.1) is 13.2 Å². The van der Waals surface area contributed by atoms with Gasteiger partial charge in [0.25, 0.3) is 5.91 Å². The third-order valence-electron chi connectivity index (χ3n) is 4.23. The van der Waals surface area contributed by atoms with E-state index < -0.39 is 24.1 Å². The van der Waals surface area contributed by atoms with E-state index in [2.05, 4.69) is 25.7 Å². The van der Waals surface area contributed by atoms with Crippen LogP contribution in [0.4, 0.5) is 35.2 Å². The van der Waals surface area contributed by atoms with Crippen molar-refractivity contribution >= 4 is 35.0 Å². The Morgan fingerprint density at radius 2 is 1.45 bits per heavy atom. The van der Waals surface area contributed by atoms with Crippen molar-refractivity contribution in [3.05, 3.63) is 60.3 Å². The summed E-state index contributed by atoms with van der Waals surface area (Å²) in [5.74, 6) is -1.34. The number of carbonyl (C=O) groups is 3. The molecular weight excluding hydrogens is 443 g/mol. The van der Waals surface area contributed by atoms with Crippen molar-refractivity contribution in [3.8, 4) is 16.9 Å². The topological polar surface area (TPSA) is 138 Å². The number of halogens is 3. The van der Waals surface area contributed by atoms with Crippen LogP contribution in [0.3, 0.4) is 0 Å². The summed E-state index contributed by atoms with van der Waals surface area (Å²) in [4.78, 5) is 38.1. The monoisotopic (exact) mass is 461 g/mol. The van der Waals surface area contributed by atoms with Crippen LogP contribution in [0.15, 0.2) is 54.7 Å². The summed E-state index contributed by atoms with van der Waals surface area (Å²) in [6.45, 7) is 1.29. The second-order valence-corrected chi connectivity index (χ2v) is 6.73. The van der Waals surface area contributed by atoms with Gasteiger partial charge in [-0.2, -0.15) is 0 Å². The van der Waals surface area contributed by atoms with Crippen molar-refractivity contribution in [1.29, 1.82) is 0 Å². The number of nitrogens with one attached hydrogen (secondary N) is 4. The molecule has 0 radical (unpaired) electrons. The molecule has 0 atom stereocenters. The van der Waals surface area contributed by atoms with Gasteiger partial charge < -0.3 is 31.4 Å². The Kier molecular flexibility index (Phi) is 6.56. The van der Waals surface area contributed by atoms with Crippen LogP contribution < -0.4 is 26.4 Å². The minimum Gasteiger partial charge on any atom is -0.406 e. The van der Waals surface area contributed by atoms with Crippen molar-refractivity contribution < 1.29 is 32.3 Å². The van der Waals surface area contributed by atoms with Gasteiger partial charge in [0.1, 0.15) is 11.6 Å². The van der Waals surface area contributed by atoms with E-state index in [1.54, 1.807) is 24.3 Å². The zero-order valence-electron chi connectivity index (χ0n) is 17.0. The maximum absolute atomic E-state index is 12.2. The summed E-state index contributed by atoms with van der Waals surface area (Å²) in [5.41, 5.74) is 7.28. The molecule has 9 nitrogen and oxygen atoms in total. The van der Waals surface area contributed by atoms with E-state index in [-0.39, 0.29) is 23.0 Å². The van der Waals surface area contributed by atoms with Crippen LogP contribution in [0.25, 0.3) is 11.1 Å². The number of H-pyrrole nitrogens is 1. The molecule has 0 spiro atoms. The van der Waals surface area contributed by atoms with Crippen LogP contribution in [-0.2, 0) is 4.79 Å². The fourth-order valence-electron chi connectivity index (χ4n) is 2.95. The molecule has 3 aromatic rings. The molecule has 0 aliphatic heterocycles. The van der Waals surface area contributed by atoms with Gasteiger partial charge in [0.15, 0.2) is 0 Å². The first-order chi connectivity index (χ1) is 15.5. The number of anilines is 3. The molecule has 2 aromatic carbocycles. The van der Waals surface area contributed by atoms with Crippen LogP contribution in [0, 0.1) is 0 Å². The van der Waals surface area contributed by atoms with Gasteiger partial charge in [-0.1, -0.05) is 12.1 Å². The molecule has 0 bridgehead atoms. The third kappa shape index (κ3) is 6.26. The fourth-order valence-corrected chi connectivity index (χ4v) is 2.95. The number of amides is 4. The largest absolute Gasteiger partial charge is 0.573 e. The number of aromatic nitrogens is 1. The van der Waals surface area contributed by atoms with Crippen molar-refractivity contribution in [2.45, 2.75) is 13.3 Å². The van der Waals surface area contributed by atoms with Gasteiger partial charge in [0, 0.05) is 30.1 Å². The highest BCUT2D eigenvalue weighted by molar-refractivity contribution is 6.07. The summed E-state index contributed by atoms with van der Waals surface area (Å²) in [6.07, 6.45) is -3.28. The van der Waals surface area contributed by atoms with Crippen molar-refractivity contribution in [3.63, 3.8) is 0 Å². The first-order valence-electron chi connectivity index (χ1n) is 9.35. The van der Waals surface area contributed by atoms with Crippen LogP contribution in [0.5, 0.6) is 5.75 Å². The molecule has 0 fully saturated rings. The Balaban J connectivity index is 1.66. The average molecular weight is 461 g/mol. The molecule has 0 aliphatic carbocycles. The summed E-state index contributed by atoms with van der Waals surface area (Å²) >= 11 is 0. The maximum atomic E-state index is 12.2. The van der Waals surface area contributed by atoms with Crippen LogP contribution in [0.2, 0.25) is 0 Å². The van der Waals surface area contributed by atoms with Crippen molar-refractivity contribution in [1.82, 2.24) is 4.98 Å². The summed E-state index contributed by atoms with van der Waals surface area (Å²) in [5, 5.41) is 7.55. The number of rotatable bonds is 6. The first kappa shape index (κ1) is 23.2. The molecule has 3 rings (SSSR count). The Morgan fingerprint density at radius 1 is 0.909 bits per heavy atom. The number of urea groups is 1. The van der Waals surface area contributed by atoms with E-state index >= 15 is 0 Å². The molecule has 6 N–H and O–H groups in total. The zero-order valence-corrected chi connectivity index (χ0v) is 17.0. The second-order valence-electron chi connectivity index (χ2n) is 6.73. The molecule has 1 heterocycles. The van der Waals surface area contributed by atoms with Gasteiger partial charge in [-0.3, -0.25) is 9.59 Å². The number of hydrogen-bond donors (Lipinski definition) is 5. The molecule has 0 aliphatic rings. The SMILES string of the molecule is CC(=O)Nc1[nH]cc(-c2ccc(NC(=O)Nc3ccc(OC(F)(F)F)cc3)cc2)c1C(N)=O. The standard InChI is InChI=1S/C21H18F3N5O4/c1-11(30)27-19-17(18(25)31)16(10-26-19)12-2-4-13(5-3-12)28-20(32)29-14-6-8-15(9-7-14)33-21(22,23)24/h2-10,26H,1H3,(H2,25,31)(H,27,30)(H2,28,29,32). The Bertz CT molecular complexity index is 1170. The van der Waals surface area contributed by atoms with Gasteiger partial charge >= 0.3 is 12.4 Å². The number of carbonyl (C=O) groups excluding carboxylic acids is 3. The first-order valence-corrected chi connectivity index (χ1v) is 9.35. The Labute approximate surface area is 185 Å². The highest BCUT2D eigenvalue weighted by atomic mass is 19.4. The number of hydrogen-bond acceptors (Lipinski definition) is 4. The van der Waals surface area contributed by atoms with E-state index in [9.17, 15) is 27.6 Å². The summed E-state index contributed by atoms with van der Waals surface area (Å²) in [7, 11) is 0. The molecule has 4 amide bonds. The van der Waals surface area contributed by atoms with Crippen LogP contribution in [-0.4, -0.2) is 29.2 Å². The average Bonchev–Trinajstić information content (AvgIpc) is 3.12. The zero-order chi connectivity index (χ0) is 24.2. The quantitative estimate of drug-likeness (QED) is 0.374. The highest BCUT2D eigenvalue weighted by Crippen LogP contribution is 2.30. The molecule has 12 heteroatoms. The predicted molar refractivity (Wildman–Crippen MR) is 115 cm³/mol. The number of ether oxygens (including phenoxy) is 1. The molecule has 0 unspecified atom stereocenters.